The molecule has 0 fully saturated rings. The first kappa shape index (κ1) is 15.6. The van der Waals surface area contributed by atoms with Gasteiger partial charge in [0, 0.05) is 12.5 Å². The Bertz CT molecular complexity index is 639. The number of ether oxygens (including phenoxy) is 2. The van der Waals surface area contributed by atoms with Crippen LogP contribution in [-0.2, 0) is 14.8 Å². The Morgan fingerprint density at radius 2 is 1.90 bits per heavy atom. The minimum atomic E-state index is -3.89. The zero-order chi connectivity index (χ0) is 15.6. The van der Waals surface area contributed by atoms with Gasteiger partial charge in [0.2, 0.25) is 12.7 Å². The predicted octanol–water partition coefficient (Wildman–Crippen LogP) is 1.90. The molecule has 1 amide bonds. The molecule has 0 saturated carbocycles. The topological polar surface area (TPSA) is 81.7 Å². The molecule has 1 heterocycles. The Balaban J connectivity index is 2.10. The van der Waals surface area contributed by atoms with Crippen LogP contribution in [0.25, 0.3) is 0 Å². The summed E-state index contributed by atoms with van der Waals surface area (Å²) in [7, 11) is -3.89. The van der Waals surface area contributed by atoms with Gasteiger partial charge in [-0.25, -0.2) is 13.1 Å². The fraction of sp³-hybridized carbons (Fsp3) is 0.500. The van der Waals surface area contributed by atoms with Crippen molar-refractivity contribution in [2.24, 2.45) is 11.8 Å². The van der Waals surface area contributed by atoms with E-state index in [1.54, 1.807) is 0 Å². The summed E-state index contributed by atoms with van der Waals surface area (Å²) in [4.78, 5) is 11.8. The van der Waals surface area contributed by atoms with Crippen molar-refractivity contribution in [2.75, 3.05) is 6.79 Å². The first-order chi connectivity index (χ1) is 9.79. The third-order valence-electron chi connectivity index (χ3n) is 3.55. The van der Waals surface area contributed by atoms with Crippen molar-refractivity contribution in [3.05, 3.63) is 18.2 Å². The molecule has 1 aromatic carbocycles. The third kappa shape index (κ3) is 3.66. The molecule has 2 rings (SSSR count). The van der Waals surface area contributed by atoms with Gasteiger partial charge in [-0.3, -0.25) is 4.79 Å². The normalized spacial score (nSPS) is 15.0. The zero-order valence-corrected chi connectivity index (χ0v) is 13.1. The number of amides is 1. The van der Waals surface area contributed by atoms with Gasteiger partial charge in [-0.15, -0.1) is 0 Å². The van der Waals surface area contributed by atoms with Crippen LogP contribution in [0.4, 0.5) is 0 Å². The number of benzene rings is 1. The van der Waals surface area contributed by atoms with Crippen LogP contribution in [-0.4, -0.2) is 21.1 Å². The van der Waals surface area contributed by atoms with E-state index >= 15 is 0 Å². The summed E-state index contributed by atoms with van der Waals surface area (Å²) in [6.07, 6.45) is 0.168. The third-order valence-corrected chi connectivity index (χ3v) is 4.92. The summed E-state index contributed by atoms with van der Waals surface area (Å²) < 4.78 is 36.7. The Hall–Kier alpha value is -1.76. The van der Waals surface area contributed by atoms with Crippen molar-refractivity contribution in [1.82, 2.24) is 4.72 Å². The average Bonchev–Trinajstić information content (AvgIpc) is 2.84. The predicted molar refractivity (Wildman–Crippen MR) is 76.5 cm³/mol. The number of hydrogen-bond acceptors (Lipinski definition) is 5. The van der Waals surface area contributed by atoms with E-state index in [9.17, 15) is 13.2 Å². The van der Waals surface area contributed by atoms with Crippen LogP contribution in [0.2, 0.25) is 0 Å². The first-order valence-corrected chi connectivity index (χ1v) is 8.23. The maximum atomic E-state index is 12.2. The van der Waals surface area contributed by atoms with Crippen molar-refractivity contribution < 1.29 is 22.7 Å². The molecule has 1 atom stereocenters. The molecule has 1 N–H and O–H groups in total. The monoisotopic (exact) mass is 313 g/mol. The molecule has 1 aliphatic rings. The molecule has 7 heteroatoms. The minimum Gasteiger partial charge on any atom is -0.454 e. The lowest BCUT2D eigenvalue weighted by atomic mass is 9.95. The molecule has 0 radical (unpaired) electrons. The Morgan fingerprint density at radius 3 is 2.57 bits per heavy atom. The standard InChI is InChI=1S/C14H19NO5S/c1-9(2)10(3)6-14(16)15-21(17,18)11-4-5-12-13(7-11)20-8-19-12/h4-5,7,9-10H,6,8H2,1-3H3,(H,15,16). The van der Waals surface area contributed by atoms with Gasteiger partial charge < -0.3 is 9.47 Å². The van der Waals surface area contributed by atoms with E-state index in [0.717, 1.165) is 0 Å². The van der Waals surface area contributed by atoms with E-state index in [4.69, 9.17) is 9.47 Å². The lowest BCUT2D eigenvalue weighted by Gasteiger charge is -2.15. The van der Waals surface area contributed by atoms with E-state index in [-0.39, 0.29) is 24.0 Å². The maximum absolute atomic E-state index is 12.2. The Kier molecular flexibility index (Phi) is 4.41. The largest absolute Gasteiger partial charge is 0.454 e. The van der Waals surface area contributed by atoms with E-state index in [2.05, 4.69) is 4.72 Å². The highest BCUT2D eigenvalue weighted by Crippen LogP contribution is 2.33. The minimum absolute atomic E-state index is 0.0164. The zero-order valence-electron chi connectivity index (χ0n) is 12.3. The Morgan fingerprint density at radius 1 is 1.24 bits per heavy atom. The molecule has 6 nitrogen and oxygen atoms in total. The molecule has 0 aliphatic carbocycles. The van der Waals surface area contributed by atoms with Crippen LogP contribution in [0.5, 0.6) is 11.5 Å². The molecule has 1 aliphatic heterocycles. The van der Waals surface area contributed by atoms with Gasteiger partial charge in [-0.05, 0) is 24.0 Å². The van der Waals surface area contributed by atoms with Crippen molar-refractivity contribution >= 4 is 15.9 Å². The van der Waals surface area contributed by atoms with Gasteiger partial charge in [0.05, 0.1) is 4.90 Å². The fourth-order valence-electron chi connectivity index (χ4n) is 1.82. The lowest BCUT2D eigenvalue weighted by Crippen LogP contribution is -2.32. The summed E-state index contributed by atoms with van der Waals surface area (Å²) in [6, 6.07) is 4.25. The molecule has 1 unspecified atom stereocenters. The first-order valence-electron chi connectivity index (χ1n) is 6.75. The molecular weight excluding hydrogens is 294 g/mol. The maximum Gasteiger partial charge on any atom is 0.264 e. The number of carbonyl (C=O) groups excluding carboxylic acids is 1. The highest BCUT2D eigenvalue weighted by Gasteiger charge is 2.23. The number of carbonyl (C=O) groups is 1. The second kappa shape index (κ2) is 5.93. The SMILES string of the molecule is CC(C)C(C)CC(=O)NS(=O)(=O)c1ccc2c(c1)OCO2. The van der Waals surface area contributed by atoms with Crippen LogP contribution < -0.4 is 14.2 Å². The van der Waals surface area contributed by atoms with Crippen LogP contribution >= 0.6 is 0 Å². The second-order valence-electron chi connectivity index (χ2n) is 5.47. The Labute approximate surface area is 124 Å². The van der Waals surface area contributed by atoms with Gasteiger partial charge in [0.25, 0.3) is 10.0 Å². The van der Waals surface area contributed by atoms with Crippen molar-refractivity contribution in [3.63, 3.8) is 0 Å². The summed E-state index contributed by atoms with van der Waals surface area (Å²) >= 11 is 0. The van der Waals surface area contributed by atoms with Gasteiger partial charge in [0.1, 0.15) is 0 Å². The molecule has 1 aromatic rings. The molecule has 0 saturated heterocycles. The molecule has 0 aromatic heterocycles. The van der Waals surface area contributed by atoms with E-state index in [0.29, 0.717) is 17.4 Å². The van der Waals surface area contributed by atoms with Crippen molar-refractivity contribution in [1.29, 1.82) is 0 Å². The molecule has 0 bridgehead atoms. The highest BCUT2D eigenvalue weighted by atomic mass is 32.2. The number of nitrogens with one attached hydrogen (secondary N) is 1. The van der Waals surface area contributed by atoms with Crippen molar-refractivity contribution in [2.45, 2.75) is 32.1 Å². The summed E-state index contributed by atoms with van der Waals surface area (Å²) in [5, 5.41) is 0. The summed E-state index contributed by atoms with van der Waals surface area (Å²) in [6.45, 7) is 5.96. The van der Waals surface area contributed by atoms with E-state index in [1.807, 2.05) is 20.8 Å². The van der Waals surface area contributed by atoms with Crippen LogP contribution in [0, 0.1) is 11.8 Å². The summed E-state index contributed by atoms with van der Waals surface area (Å²) in [5.74, 6) is 0.768. The van der Waals surface area contributed by atoms with Crippen molar-refractivity contribution in [3.8, 4) is 11.5 Å². The second-order valence-corrected chi connectivity index (χ2v) is 7.15. The van der Waals surface area contributed by atoms with E-state index < -0.39 is 15.9 Å². The van der Waals surface area contributed by atoms with E-state index in [1.165, 1.54) is 18.2 Å². The highest BCUT2D eigenvalue weighted by molar-refractivity contribution is 7.90. The fourth-order valence-corrected chi connectivity index (χ4v) is 2.83. The number of hydrogen-bond donors (Lipinski definition) is 1. The smallest absolute Gasteiger partial charge is 0.264 e. The molecule has 116 valence electrons. The van der Waals surface area contributed by atoms with Gasteiger partial charge >= 0.3 is 0 Å². The quantitative estimate of drug-likeness (QED) is 0.898. The molecule has 0 spiro atoms. The van der Waals surface area contributed by atoms with Gasteiger partial charge in [-0.1, -0.05) is 20.8 Å². The van der Waals surface area contributed by atoms with Gasteiger partial charge in [0.15, 0.2) is 11.5 Å². The number of sulfonamides is 1. The van der Waals surface area contributed by atoms with Crippen LogP contribution in [0.15, 0.2) is 23.1 Å². The number of fused-ring (bicyclic) bond motifs is 1. The lowest BCUT2D eigenvalue weighted by molar-refractivity contribution is -0.120. The summed E-state index contributed by atoms with van der Waals surface area (Å²) in [5.41, 5.74) is 0. The number of rotatable bonds is 5. The molecule has 21 heavy (non-hydrogen) atoms. The average molecular weight is 313 g/mol. The molecular formula is C14H19NO5S. The van der Waals surface area contributed by atoms with Gasteiger partial charge in [-0.2, -0.15) is 0 Å². The van der Waals surface area contributed by atoms with Crippen LogP contribution in [0.3, 0.4) is 0 Å². The van der Waals surface area contributed by atoms with Crippen LogP contribution in [0.1, 0.15) is 27.2 Å².